The first-order chi connectivity index (χ1) is 14.1. The van der Waals surface area contributed by atoms with Gasteiger partial charge in [-0.3, -0.25) is 9.48 Å². The number of aromatic nitrogens is 2. The van der Waals surface area contributed by atoms with Crippen LogP contribution in [0.4, 0.5) is 0 Å². The molecule has 0 fully saturated rings. The van der Waals surface area contributed by atoms with Crippen molar-refractivity contribution in [2.24, 2.45) is 7.05 Å². The number of nitrogens with one attached hydrogen (secondary N) is 1. The zero-order valence-electron chi connectivity index (χ0n) is 17.5. The lowest BCUT2D eigenvalue weighted by Crippen LogP contribution is -2.26. The average molecular weight is 492 g/mol. The van der Waals surface area contributed by atoms with E-state index in [0.717, 1.165) is 21.3 Å². The Morgan fingerprint density at radius 2 is 1.63 bits per heavy atom. The molecule has 0 aliphatic rings. The molecule has 0 aliphatic heterocycles. The first kappa shape index (κ1) is 22.5. The molecule has 0 spiro atoms. The summed E-state index contributed by atoms with van der Waals surface area (Å²) in [5.41, 5.74) is 3.28. The third-order valence-corrected chi connectivity index (χ3v) is 7.19. The molecule has 0 aliphatic carbocycles. The van der Waals surface area contributed by atoms with Crippen LogP contribution >= 0.6 is 15.9 Å². The Morgan fingerprint density at radius 3 is 2.17 bits per heavy atom. The van der Waals surface area contributed by atoms with E-state index in [0.29, 0.717) is 18.7 Å². The van der Waals surface area contributed by atoms with Crippen LogP contribution < -0.4 is 10.3 Å². The van der Waals surface area contributed by atoms with Crippen molar-refractivity contribution in [1.29, 1.82) is 0 Å². The van der Waals surface area contributed by atoms with Crippen molar-refractivity contribution in [1.82, 2.24) is 14.1 Å². The number of hydrogen-bond acceptors (Lipinski definition) is 3. The molecule has 0 atom stereocenters. The summed E-state index contributed by atoms with van der Waals surface area (Å²) in [6.45, 7) is 6.20. The van der Waals surface area contributed by atoms with E-state index >= 15 is 0 Å². The Labute approximate surface area is 185 Å². The van der Waals surface area contributed by atoms with Gasteiger partial charge in [-0.2, -0.15) is 0 Å². The van der Waals surface area contributed by atoms with Crippen LogP contribution in [0.2, 0.25) is 0 Å². The van der Waals surface area contributed by atoms with E-state index in [1.807, 2.05) is 52.1 Å². The normalized spacial score (nSPS) is 11.9. The van der Waals surface area contributed by atoms with E-state index < -0.39 is 10.0 Å². The lowest BCUT2D eigenvalue weighted by molar-refractivity contribution is 0.581. The van der Waals surface area contributed by atoms with Gasteiger partial charge in [0.25, 0.3) is 5.56 Å². The summed E-state index contributed by atoms with van der Waals surface area (Å²) in [5.74, 6) is 0.111. The summed E-state index contributed by atoms with van der Waals surface area (Å²) in [6.07, 6.45) is 0.598. The van der Waals surface area contributed by atoms with Crippen molar-refractivity contribution in [2.45, 2.75) is 38.0 Å². The van der Waals surface area contributed by atoms with Gasteiger partial charge in [0.15, 0.2) is 0 Å². The second-order valence-electron chi connectivity index (χ2n) is 7.56. The maximum atomic E-state index is 12.8. The topological polar surface area (TPSA) is 73.1 Å². The number of hydrogen-bond donors (Lipinski definition) is 1. The summed E-state index contributed by atoms with van der Waals surface area (Å²) >= 11 is 3.39. The minimum atomic E-state index is -3.63. The highest BCUT2D eigenvalue weighted by molar-refractivity contribution is 9.10. The quantitative estimate of drug-likeness (QED) is 0.544. The Hall–Kier alpha value is -2.16. The standard InChI is InChI=1S/C22H26BrN3O3S/c1-15(2)21-16(3)25(4)26(22(21)27)19-9-11-20(12-10-19)30(28,29)24-14-13-17-5-7-18(23)8-6-17/h5-12,15,24H,13-14H2,1-4H3. The minimum absolute atomic E-state index is 0.0757. The monoisotopic (exact) mass is 491 g/mol. The Bertz CT molecular complexity index is 1190. The molecular weight excluding hydrogens is 466 g/mol. The lowest BCUT2D eigenvalue weighted by Gasteiger charge is -2.10. The molecule has 0 radical (unpaired) electrons. The largest absolute Gasteiger partial charge is 0.285 e. The molecule has 160 valence electrons. The molecule has 0 unspecified atom stereocenters. The van der Waals surface area contributed by atoms with E-state index in [1.165, 1.54) is 12.1 Å². The first-order valence-corrected chi connectivity index (χ1v) is 12.0. The number of rotatable bonds is 7. The highest BCUT2D eigenvalue weighted by Crippen LogP contribution is 2.19. The maximum Gasteiger partial charge on any atom is 0.275 e. The van der Waals surface area contributed by atoms with Crippen LogP contribution in [0.1, 0.15) is 36.6 Å². The van der Waals surface area contributed by atoms with E-state index in [9.17, 15) is 13.2 Å². The maximum absolute atomic E-state index is 12.8. The van der Waals surface area contributed by atoms with Gasteiger partial charge in [-0.15, -0.1) is 0 Å². The molecular formula is C22H26BrN3O3S. The molecule has 0 amide bonds. The summed E-state index contributed by atoms with van der Waals surface area (Å²) in [6, 6.07) is 14.2. The Balaban J connectivity index is 1.77. The highest BCUT2D eigenvalue weighted by atomic mass is 79.9. The molecule has 6 nitrogen and oxygen atoms in total. The predicted octanol–water partition coefficient (Wildman–Crippen LogP) is 3.89. The molecule has 0 saturated heterocycles. The van der Waals surface area contributed by atoms with Crippen LogP contribution in [0.25, 0.3) is 5.69 Å². The SMILES string of the molecule is Cc1c(C(C)C)c(=O)n(-c2ccc(S(=O)(=O)NCCc3ccc(Br)cc3)cc2)n1C. The lowest BCUT2D eigenvalue weighted by atomic mass is 10.0. The van der Waals surface area contributed by atoms with Gasteiger partial charge < -0.3 is 0 Å². The number of benzene rings is 2. The van der Waals surface area contributed by atoms with Gasteiger partial charge in [0, 0.05) is 29.3 Å². The van der Waals surface area contributed by atoms with Crippen LogP contribution in [-0.2, 0) is 23.5 Å². The van der Waals surface area contributed by atoms with E-state index in [4.69, 9.17) is 0 Å². The molecule has 3 rings (SSSR count). The van der Waals surface area contributed by atoms with Gasteiger partial charge in [-0.25, -0.2) is 17.8 Å². The smallest absolute Gasteiger partial charge is 0.275 e. The van der Waals surface area contributed by atoms with Crippen molar-refractivity contribution in [2.75, 3.05) is 6.54 Å². The van der Waals surface area contributed by atoms with Gasteiger partial charge in [0.05, 0.1) is 10.6 Å². The third-order valence-electron chi connectivity index (χ3n) is 5.19. The van der Waals surface area contributed by atoms with Crippen LogP contribution in [0.15, 0.2) is 62.7 Å². The van der Waals surface area contributed by atoms with Gasteiger partial charge in [-0.05, 0) is 61.2 Å². The zero-order chi connectivity index (χ0) is 22.1. The zero-order valence-corrected chi connectivity index (χ0v) is 19.9. The van der Waals surface area contributed by atoms with Gasteiger partial charge >= 0.3 is 0 Å². The summed E-state index contributed by atoms with van der Waals surface area (Å²) in [4.78, 5) is 13.0. The van der Waals surface area contributed by atoms with Crippen molar-refractivity contribution in [3.8, 4) is 5.69 Å². The van der Waals surface area contributed by atoms with Gasteiger partial charge in [0.1, 0.15) is 0 Å². The van der Waals surface area contributed by atoms with Crippen molar-refractivity contribution in [3.63, 3.8) is 0 Å². The molecule has 1 heterocycles. The van der Waals surface area contributed by atoms with E-state index in [1.54, 1.807) is 21.5 Å². The predicted molar refractivity (Wildman–Crippen MR) is 123 cm³/mol. The number of nitrogens with zero attached hydrogens (tertiary/aromatic N) is 2. The van der Waals surface area contributed by atoms with Crippen LogP contribution in [0.3, 0.4) is 0 Å². The summed E-state index contributed by atoms with van der Waals surface area (Å²) in [5, 5.41) is 0. The Kier molecular flexibility index (Phi) is 6.69. The fourth-order valence-corrected chi connectivity index (χ4v) is 4.81. The Morgan fingerprint density at radius 1 is 1.03 bits per heavy atom. The molecule has 1 N–H and O–H groups in total. The fourth-order valence-electron chi connectivity index (χ4n) is 3.52. The van der Waals surface area contributed by atoms with Gasteiger partial charge in [-0.1, -0.05) is 41.9 Å². The minimum Gasteiger partial charge on any atom is -0.285 e. The molecule has 0 bridgehead atoms. The third kappa shape index (κ3) is 4.61. The van der Waals surface area contributed by atoms with Crippen LogP contribution in [0, 0.1) is 6.92 Å². The number of halogens is 1. The summed E-state index contributed by atoms with van der Waals surface area (Å²) < 4.78 is 32.2. The second-order valence-corrected chi connectivity index (χ2v) is 10.2. The van der Waals surface area contributed by atoms with E-state index in [-0.39, 0.29) is 16.4 Å². The first-order valence-electron chi connectivity index (χ1n) is 9.75. The molecule has 2 aromatic carbocycles. The molecule has 8 heteroatoms. The fraction of sp³-hybridized carbons (Fsp3) is 0.318. The van der Waals surface area contributed by atoms with Crippen molar-refractivity contribution >= 4 is 26.0 Å². The number of sulfonamides is 1. The van der Waals surface area contributed by atoms with Crippen molar-refractivity contribution < 1.29 is 8.42 Å². The molecule has 30 heavy (non-hydrogen) atoms. The average Bonchev–Trinajstić information content (AvgIpc) is 2.92. The second kappa shape index (κ2) is 8.91. The molecule has 0 saturated carbocycles. The van der Waals surface area contributed by atoms with Crippen molar-refractivity contribution in [3.05, 3.63) is 80.2 Å². The van der Waals surface area contributed by atoms with Crippen LogP contribution in [0.5, 0.6) is 0 Å². The van der Waals surface area contributed by atoms with E-state index in [2.05, 4.69) is 20.7 Å². The molecule has 3 aromatic rings. The highest BCUT2D eigenvalue weighted by Gasteiger charge is 2.19. The summed E-state index contributed by atoms with van der Waals surface area (Å²) in [7, 11) is -1.80. The molecule has 1 aromatic heterocycles. The van der Waals surface area contributed by atoms with Crippen LogP contribution in [-0.4, -0.2) is 24.3 Å². The van der Waals surface area contributed by atoms with Gasteiger partial charge in [0.2, 0.25) is 10.0 Å².